The van der Waals surface area contributed by atoms with Gasteiger partial charge in [-0.2, -0.15) is 4.98 Å². The second-order valence-electron chi connectivity index (χ2n) is 5.07. The third kappa shape index (κ3) is 3.93. The topological polar surface area (TPSA) is 111 Å². The number of anilines is 3. The van der Waals surface area contributed by atoms with Gasteiger partial charge in [0, 0.05) is 37.0 Å². The lowest BCUT2D eigenvalue weighted by Gasteiger charge is -2.12. The molecule has 0 fully saturated rings. The summed E-state index contributed by atoms with van der Waals surface area (Å²) in [6, 6.07) is 7.37. The van der Waals surface area contributed by atoms with E-state index in [1.54, 1.807) is 25.6 Å². The Bertz CT molecular complexity index is 775. The number of benzene rings is 1. The number of methoxy groups -OCH3 is 1. The van der Waals surface area contributed by atoms with Crippen molar-refractivity contribution in [3.8, 4) is 0 Å². The van der Waals surface area contributed by atoms with Crippen LogP contribution < -0.4 is 16.4 Å². The molecule has 23 heavy (non-hydrogen) atoms. The number of ether oxygens (including phenoxy) is 1. The lowest BCUT2D eigenvalue weighted by Crippen LogP contribution is -2.33. The molecule has 1 aromatic carbocycles. The maximum Gasteiger partial charge on any atom is 0.224 e. The van der Waals surface area contributed by atoms with Gasteiger partial charge in [-0.25, -0.2) is 4.98 Å². The maximum absolute atomic E-state index is 5.86. The van der Waals surface area contributed by atoms with Crippen LogP contribution in [0.15, 0.2) is 41.2 Å². The fourth-order valence-electron chi connectivity index (χ4n) is 2.11. The van der Waals surface area contributed by atoms with E-state index < -0.39 is 0 Å². The van der Waals surface area contributed by atoms with Crippen molar-refractivity contribution in [1.29, 1.82) is 0 Å². The average Bonchev–Trinajstić information content (AvgIpc) is 3.01. The first-order valence-electron chi connectivity index (χ1n) is 7.17. The van der Waals surface area contributed by atoms with Gasteiger partial charge < -0.3 is 25.6 Å². The predicted molar refractivity (Wildman–Crippen MR) is 87.7 cm³/mol. The van der Waals surface area contributed by atoms with Crippen LogP contribution in [0.2, 0.25) is 0 Å². The van der Waals surface area contributed by atoms with Crippen molar-refractivity contribution in [1.82, 2.24) is 15.1 Å². The number of nitrogens with two attached hydrogens (primary N) is 1. The minimum Gasteiger partial charge on any atom is -0.383 e. The first-order valence-corrected chi connectivity index (χ1v) is 7.17. The molecule has 0 unspecified atom stereocenters. The van der Waals surface area contributed by atoms with E-state index in [1.165, 1.54) is 0 Å². The number of hydrogen-bond donors (Lipinski definition) is 3. The zero-order valence-corrected chi connectivity index (χ0v) is 12.7. The molecule has 0 aliphatic heterocycles. The lowest BCUT2D eigenvalue weighted by atomic mass is 10.2. The molecule has 0 saturated carbocycles. The molecular formula is C15H18N6O2. The molecule has 4 N–H and O–H groups in total. The monoisotopic (exact) mass is 314 g/mol. The highest BCUT2D eigenvalue weighted by Crippen LogP contribution is 2.21. The van der Waals surface area contributed by atoms with Crippen LogP contribution in [0.25, 0.3) is 11.0 Å². The molecule has 8 nitrogen and oxygen atoms in total. The molecule has 0 aliphatic rings. The van der Waals surface area contributed by atoms with Crippen molar-refractivity contribution in [2.24, 2.45) is 5.73 Å². The zero-order valence-electron chi connectivity index (χ0n) is 12.7. The second kappa shape index (κ2) is 7.03. The van der Waals surface area contributed by atoms with E-state index in [0.717, 1.165) is 16.7 Å². The standard InChI is InChI=1S/C15H18N6O2/c1-22-9-11(16)8-18-15-17-5-4-14(21-15)20-12-2-3-13-10(6-12)7-19-23-13/h2-7,11H,8-9,16H2,1H3,(H2,17,18,20,21)/t11-/m1/s1. The molecule has 3 aromatic rings. The third-order valence-corrected chi connectivity index (χ3v) is 3.18. The molecular weight excluding hydrogens is 296 g/mol. The van der Waals surface area contributed by atoms with Crippen LogP contribution in [0.1, 0.15) is 0 Å². The van der Waals surface area contributed by atoms with Gasteiger partial charge in [0.1, 0.15) is 5.82 Å². The van der Waals surface area contributed by atoms with Crippen LogP contribution in [0, 0.1) is 0 Å². The second-order valence-corrected chi connectivity index (χ2v) is 5.07. The van der Waals surface area contributed by atoms with Crippen molar-refractivity contribution in [2.45, 2.75) is 6.04 Å². The number of nitrogens with one attached hydrogen (secondary N) is 2. The van der Waals surface area contributed by atoms with Gasteiger partial charge in [0.25, 0.3) is 0 Å². The van der Waals surface area contributed by atoms with Gasteiger partial charge in [-0.15, -0.1) is 0 Å². The van der Waals surface area contributed by atoms with Gasteiger partial charge in [0.15, 0.2) is 5.58 Å². The first kappa shape index (κ1) is 15.2. The Morgan fingerprint density at radius 2 is 2.26 bits per heavy atom. The molecule has 0 amide bonds. The molecule has 2 heterocycles. The van der Waals surface area contributed by atoms with Gasteiger partial charge in [0.05, 0.1) is 12.8 Å². The van der Waals surface area contributed by atoms with Gasteiger partial charge in [-0.3, -0.25) is 0 Å². The average molecular weight is 314 g/mol. The minimum atomic E-state index is -0.115. The summed E-state index contributed by atoms with van der Waals surface area (Å²) < 4.78 is 10.1. The normalized spacial score (nSPS) is 12.3. The van der Waals surface area contributed by atoms with E-state index in [9.17, 15) is 0 Å². The van der Waals surface area contributed by atoms with Gasteiger partial charge in [-0.05, 0) is 24.3 Å². The Labute approximate surface area is 133 Å². The minimum absolute atomic E-state index is 0.115. The summed E-state index contributed by atoms with van der Waals surface area (Å²) in [7, 11) is 1.62. The largest absolute Gasteiger partial charge is 0.383 e. The molecule has 0 bridgehead atoms. The van der Waals surface area contributed by atoms with Crippen molar-refractivity contribution in [3.05, 3.63) is 36.7 Å². The smallest absolute Gasteiger partial charge is 0.224 e. The highest BCUT2D eigenvalue weighted by atomic mass is 16.5. The molecule has 3 rings (SSSR count). The summed E-state index contributed by atoms with van der Waals surface area (Å²) in [5.41, 5.74) is 7.50. The summed E-state index contributed by atoms with van der Waals surface area (Å²) in [4.78, 5) is 8.57. The van der Waals surface area contributed by atoms with Gasteiger partial charge >= 0.3 is 0 Å². The summed E-state index contributed by atoms with van der Waals surface area (Å²) in [6.45, 7) is 1.01. The van der Waals surface area contributed by atoms with Crippen molar-refractivity contribution in [3.63, 3.8) is 0 Å². The first-order chi connectivity index (χ1) is 11.2. The Morgan fingerprint density at radius 3 is 3.13 bits per heavy atom. The van der Waals surface area contributed by atoms with Crippen molar-refractivity contribution < 1.29 is 9.26 Å². The van der Waals surface area contributed by atoms with Crippen LogP contribution in [-0.4, -0.2) is 41.4 Å². The molecule has 120 valence electrons. The van der Waals surface area contributed by atoms with E-state index in [1.807, 2.05) is 18.2 Å². The number of nitrogens with zero attached hydrogens (tertiary/aromatic N) is 3. The summed E-state index contributed by atoms with van der Waals surface area (Å²) in [5.74, 6) is 1.19. The van der Waals surface area contributed by atoms with Crippen LogP contribution in [0.3, 0.4) is 0 Å². The highest BCUT2D eigenvalue weighted by Gasteiger charge is 2.05. The van der Waals surface area contributed by atoms with E-state index in [0.29, 0.717) is 24.9 Å². The molecule has 0 aliphatic carbocycles. The SMILES string of the molecule is COC[C@H](N)CNc1nccc(Nc2ccc3oncc3c2)n1. The van der Waals surface area contributed by atoms with Crippen LogP contribution in [0.4, 0.5) is 17.5 Å². The Kier molecular flexibility index (Phi) is 4.65. The number of fused-ring (bicyclic) bond motifs is 1. The highest BCUT2D eigenvalue weighted by molar-refractivity contribution is 5.81. The van der Waals surface area contributed by atoms with E-state index >= 15 is 0 Å². The summed E-state index contributed by atoms with van der Waals surface area (Å²) in [6.07, 6.45) is 3.35. The predicted octanol–water partition coefficient (Wildman–Crippen LogP) is 1.75. The van der Waals surface area contributed by atoms with Crippen LogP contribution >= 0.6 is 0 Å². The van der Waals surface area contributed by atoms with E-state index in [4.69, 9.17) is 15.0 Å². The van der Waals surface area contributed by atoms with Gasteiger partial charge in [0.2, 0.25) is 5.95 Å². The molecule has 0 radical (unpaired) electrons. The van der Waals surface area contributed by atoms with Crippen LogP contribution in [0.5, 0.6) is 0 Å². The fraction of sp³-hybridized carbons (Fsp3) is 0.267. The Hall–Kier alpha value is -2.71. The fourth-order valence-corrected chi connectivity index (χ4v) is 2.11. The van der Waals surface area contributed by atoms with Gasteiger partial charge in [-0.1, -0.05) is 5.16 Å². The maximum atomic E-state index is 5.86. The number of aromatic nitrogens is 3. The molecule has 1 atom stereocenters. The summed E-state index contributed by atoms with van der Waals surface area (Å²) in [5, 5.41) is 11.0. The number of rotatable bonds is 7. The molecule has 2 aromatic heterocycles. The third-order valence-electron chi connectivity index (χ3n) is 3.18. The molecule has 0 spiro atoms. The van der Waals surface area contributed by atoms with E-state index in [-0.39, 0.29) is 6.04 Å². The lowest BCUT2D eigenvalue weighted by molar-refractivity contribution is 0.183. The van der Waals surface area contributed by atoms with Crippen molar-refractivity contribution in [2.75, 3.05) is 30.9 Å². The molecule has 8 heteroatoms. The van der Waals surface area contributed by atoms with Crippen LogP contribution in [-0.2, 0) is 4.74 Å². The summed E-state index contributed by atoms with van der Waals surface area (Å²) >= 11 is 0. The quantitative estimate of drug-likeness (QED) is 0.605. The zero-order chi connectivity index (χ0) is 16.1. The Balaban J connectivity index is 1.67. The van der Waals surface area contributed by atoms with Crippen molar-refractivity contribution >= 4 is 28.4 Å². The van der Waals surface area contributed by atoms with E-state index in [2.05, 4.69) is 25.8 Å². The molecule has 0 saturated heterocycles. The number of hydrogen-bond acceptors (Lipinski definition) is 8. The Morgan fingerprint density at radius 1 is 1.35 bits per heavy atom.